The predicted octanol–water partition coefficient (Wildman–Crippen LogP) is 3.44. The van der Waals surface area contributed by atoms with Gasteiger partial charge in [0.15, 0.2) is 5.82 Å². The summed E-state index contributed by atoms with van der Waals surface area (Å²) in [6.07, 6.45) is 5.67. The molecule has 0 aliphatic heterocycles. The molecular weight excluding hydrogens is 350 g/mol. The molecule has 0 spiro atoms. The van der Waals surface area contributed by atoms with Gasteiger partial charge >= 0.3 is 0 Å². The summed E-state index contributed by atoms with van der Waals surface area (Å²) in [7, 11) is 0. The summed E-state index contributed by atoms with van der Waals surface area (Å²) >= 11 is 5.99. The zero-order valence-corrected chi connectivity index (χ0v) is 15.0. The highest BCUT2D eigenvalue weighted by Crippen LogP contribution is 2.47. The minimum Gasteiger partial charge on any atom is -0.345 e. The molecule has 1 N–H and O–H groups in total. The first-order valence-corrected chi connectivity index (χ1v) is 8.87. The molecule has 1 aliphatic carbocycles. The largest absolute Gasteiger partial charge is 0.345 e. The van der Waals surface area contributed by atoms with E-state index in [1.807, 2.05) is 24.3 Å². The lowest BCUT2D eigenvalue weighted by Crippen LogP contribution is -2.30. The van der Waals surface area contributed by atoms with Crippen LogP contribution in [0.4, 0.5) is 0 Å². The molecule has 3 aromatic rings. The van der Waals surface area contributed by atoms with E-state index in [-0.39, 0.29) is 11.9 Å². The summed E-state index contributed by atoms with van der Waals surface area (Å²) in [4.78, 5) is 20.9. The van der Waals surface area contributed by atoms with Crippen molar-refractivity contribution in [3.8, 4) is 5.82 Å². The lowest BCUT2D eigenvalue weighted by Gasteiger charge is -2.19. The van der Waals surface area contributed by atoms with E-state index >= 15 is 0 Å². The molecule has 1 aliphatic rings. The molecule has 2 aromatic heterocycles. The van der Waals surface area contributed by atoms with E-state index in [1.54, 1.807) is 29.3 Å². The van der Waals surface area contributed by atoms with Gasteiger partial charge in [0.25, 0.3) is 5.91 Å². The van der Waals surface area contributed by atoms with E-state index in [0.717, 1.165) is 12.0 Å². The number of benzene rings is 1. The fraction of sp³-hybridized carbons (Fsp3) is 0.263. The van der Waals surface area contributed by atoms with Gasteiger partial charge in [-0.3, -0.25) is 4.79 Å². The Morgan fingerprint density at radius 3 is 2.62 bits per heavy atom. The van der Waals surface area contributed by atoms with Crippen molar-refractivity contribution in [2.45, 2.75) is 19.4 Å². The summed E-state index contributed by atoms with van der Waals surface area (Å²) in [5, 5.41) is 7.88. The van der Waals surface area contributed by atoms with Crippen molar-refractivity contribution in [3.63, 3.8) is 0 Å². The fourth-order valence-electron chi connectivity index (χ4n) is 3.13. The third-order valence-corrected chi connectivity index (χ3v) is 5.03. The van der Waals surface area contributed by atoms with Crippen LogP contribution in [0.2, 0.25) is 5.02 Å². The summed E-state index contributed by atoms with van der Waals surface area (Å²) in [6, 6.07) is 11.1. The van der Waals surface area contributed by atoms with E-state index in [1.165, 1.54) is 6.33 Å². The second-order valence-corrected chi connectivity index (χ2v) is 7.06. The number of carbonyl (C=O) groups is 1. The molecule has 4 rings (SSSR count). The number of amides is 1. The van der Waals surface area contributed by atoms with Gasteiger partial charge in [-0.25, -0.2) is 14.6 Å². The Balaban J connectivity index is 1.52. The van der Waals surface area contributed by atoms with Crippen molar-refractivity contribution < 1.29 is 4.79 Å². The van der Waals surface area contributed by atoms with Gasteiger partial charge in [0, 0.05) is 11.2 Å². The van der Waals surface area contributed by atoms with Crippen LogP contribution in [0.3, 0.4) is 0 Å². The summed E-state index contributed by atoms with van der Waals surface area (Å²) in [6.45, 7) is 2.20. The van der Waals surface area contributed by atoms with E-state index in [4.69, 9.17) is 11.6 Å². The van der Waals surface area contributed by atoms with E-state index in [2.05, 4.69) is 27.3 Å². The van der Waals surface area contributed by atoms with Crippen molar-refractivity contribution in [1.82, 2.24) is 25.1 Å². The number of nitrogens with one attached hydrogen (secondary N) is 1. The molecule has 0 unspecified atom stereocenters. The first-order valence-electron chi connectivity index (χ1n) is 8.49. The lowest BCUT2D eigenvalue weighted by atomic mass is 10.0. The van der Waals surface area contributed by atoms with Crippen molar-refractivity contribution in [3.05, 3.63) is 71.4 Å². The standard InChI is InChI=1S/C19H18ClN5O/c1-12-8-16(12)18(13-2-5-15(20)6-3-13)24-19(26)14-4-7-17(22-9-14)25-11-21-10-23-25/h2-7,9-12,16,18H,8H2,1H3,(H,24,26)/t12-,16-,18+/m1/s1. The Hall–Kier alpha value is -2.73. The van der Waals surface area contributed by atoms with Crippen molar-refractivity contribution >= 4 is 17.5 Å². The van der Waals surface area contributed by atoms with Gasteiger partial charge in [0.2, 0.25) is 0 Å². The second kappa shape index (κ2) is 6.88. The predicted molar refractivity (Wildman–Crippen MR) is 98.1 cm³/mol. The summed E-state index contributed by atoms with van der Waals surface area (Å²) in [5.41, 5.74) is 1.59. The molecule has 7 heteroatoms. The van der Waals surface area contributed by atoms with Gasteiger partial charge in [-0.15, -0.1) is 0 Å². The minimum absolute atomic E-state index is 0.0234. The Morgan fingerprint density at radius 2 is 2.04 bits per heavy atom. The van der Waals surface area contributed by atoms with Crippen LogP contribution in [-0.2, 0) is 0 Å². The average molecular weight is 368 g/mol. The number of nitrogens with zero attached hydrogens (tertiary/aromatic N) is 4. The van der Waals surface area contributed by atoms with Crippen LogP contribution in [0.5, 0.6) is 0 Å². The molecular formula is C19H18ClN5O. The summed E-state index contributed by atoms with van der Waals surface area (Å²) < 4.78 is 1.55. The van der Waals surface area contributed by atoms with E-state index in [0.29, 0.717) is 28.2 Å². The van der Waals surface area contributed by atoms with Gasteiger partial charge < -0.3 is 5.32 Å². The Morgan fingerprint density at radius 1 is 1.27 bits per heavy atom. The second-order valence-electron chi connectivity index (χ2n) is 6.62. The Kier molecular flexibility index (Phi) is 4.42. The quantitative estimate of drug-likeness (QED) is 0.749. The van der Waals surface area contributed by atoms with Crippen LogP contribution in [0.25, 0.3) is 5.82 Å². The molecule has 0 saturated heterocycles. The summed E-state index contributed by atoms with van der Waals surface area (Å²) in [5.74, 6) is 1.53. The zero-order chi connectivity index (χ0) is 18.1. The third kappa shape index (κ3) is 3.46. The smallest absolute Gasteiger partial charge is 0.253 e. The highest BCUT2D eigenvalue weighted by atomic mass is 35.5. The third-order valence-electron chi connectivity index (χ3n) is 4.78. The number of carbonyl (C=O) groups excluding carboxylic acids is 1. The van der Waals surface area contributed by atoms with Gasteiger partial charge in [-0.05, 0) is 48.1 Å². The monoisotopic (exact) mass is 367 g/mol. The SMILES string of the molecule is C[C@@H]1C[C@H]1[C@@H](NC(=O)c1ccc(-n2cncn2)nc1)c1ccc(Cl)cc1. The van der Waals surface area contributed by atoms with Gasteiger partial charge in [-0.2, -0.15) is 5.10 Å². The molecule has 2 heterocycles. The molecule has 26 heavy (non-hydrogen) atoms. The molecule has 3 atom stereocenters. The van der Waals surface area contributed by atoms with Crippen LogP contribution in [0, 0.1) is 11.8 Å². The molecule has 0 bridgehead atoms. The topological polar surface area (TPSA) is 72.7 Å². The maximum absolute atomic E-state index is 12.7. The molecule has 1 fully saturated rings. The average Bonchev–Trinajstić information content (AvgIpc) is 3.14. The number of aromatic nitrogens is 4. The molecule has 0 radical (unpaired) electrons. The van der Waals surface area contributed by atoms with E-state index in [9.17, 15) is 4.79 Å². The maximum atomic E-state index is 12.7. The van der Waals surface area contributed by atoms with Crippen LogP contribution < -0.4 is 5.32 Å². The van der Waals surface area contributed by atoms with Crippen LogP contribution in [0.15, 0.2) is 55.2 Å². The Labute approximate surface area is 156 Å². The molecule has 1 amide bonds. The highest BCUT2D eigenvalue weighted by molar-refractivity contribution is 6.30. The van der Waals surface area contributed by atoms with Crippen LogP contribution in [-0.4, -0.2) is 25.7 Å². The number of pyridine rings is 1. The van der Waals surface area contributed by atoms with Gasteiger partial charge in [-0.1, -0.05) is 30.7 Å². The number of halogens is 1. The Bertz CT molecular complexity index is 893. The zero-order valence-electron chi connectivity index (χ0n) is 14.2. The van der Waals surface area contributed by atoms with Crippen molar-refractivity contribution in [2.75, 3.05) is 0 Å². The molecule has 1 aromatic carbocycles. The first kappa shape index (κ1) is 16.7. The van der Waals surface area contributed by atoms with Gasteiger partial charge in [0.05, 0.1) is 11.6 Å². The fourth-order valence-corrected chi connectivity index (χ4v) is 3.26. The molecule has 132 valence electrons. The normalized spacial score (nSPS) is 19.8. The number of hydrogen-bond acceptors (Lipinski definition) is 4. The van der Waals surface area contributed by atoms with Crippen molar-refractivity contribution in [1.29, 1.82) is 0 Å². The maximum Gasteiger partial charge on any atom is 0.253 e. The minimum atomic E-state index is -0.137. The van der Waals surface area contributed by atoms with Gasteiger partial charge in [0.1, 0.15) is 12.7 Å². The van der Waals surface area contributed by atoms with Crippen LogP contribution >= 0.6 is 11.6 Å². The van der Waals surface area contributed by atoms with Crippen LogP contribution in [0.1, 0.15) is 35.3 Å². The van der Waals surface area contributed by atoms with Crippen molar-refractivity contribution in [2.24, 2.45) is 11.8 Å². The first-order chi connectivity index (χ1) is 12.6. The lowest BCUT2D eigenvalue weighted by molar-refractivity contribution is 0.0930. The molecule has 1 saturated carbocycles. The molecule has 6 nitrogen and oxygen atoms in total. The number of rotatable bonds is 5. The highest BCUT2D eigenvalue weighted by Gasteiger charge is 2.41. The number of hydrogen-bond donors (Lipinski definition) is 1. The van der Waals surface area contributed by atoms with E-state index < -0.39 is 0 Å².